The van der Waals surface area contributed by atoms with Crippen molar-refractivity contribution in [3.63, 3.8) is 0 Å². The molecule has 0 bridgehead atoms. The maximum Gasteiger partial charge on any atom is 0.263 e. The molecule has 170 valence electrons. The first kappa shape index (κ1) is 24.0. The van der Waals surface area contributed by atoms with Crippen molar-refractivity contribution in [2.24, 2.45) is 0 Å². The van der Waals surface area contributed by atoms with E-state index in [4.69, 9.17) is 11.6 Å². The van der Waals surface area contributed by atoms with Gasteiger partial charge >= 0.3 is 0 Å². The van der Waals surface area contributed by atoms with Gasteiger partial charge in [-0.2, -0.15) is 0 Å². The van der Waals surface area contributed by atoms with Crippen molar-refractivity contribution in [2.75, 3.05) is 16.6 Å². The number of benzene rings is 3. The fourth-order valence-electron chi connectivity index (χ4n) is 3.01. The molecular formula is C24H22ClN3O4S. The van der Waals surface area contributed by atoms with Gasteiger partial charge in [-0.25, -0.2) is 8.42 Å². The van der Waals surface area contributed by atoms with Gasteiger partial charge in [-0.1, -0.05) is 41.9 Å². The summed E-state index contributed by atoms with van der Waals surface area (Å²) in [5, 5.41) is 5.28. The average Bonchev–Trinajstić information content (AvgIpc) is 2.77. The maximum atomic E-state index is 12.9. The van der Waals surface area contributed by atoms with Gasteiger partial charge in [0.15, 0.2) is 0 Å². The van der Waals surface area contributed by atoms with Crippen molar-refractivity contribution in [2.45, 2.75) is 11.8 Å². The van der Waals surface area contributed by atoms with E-state index in [0.717, 1.165) is 5.56 Å². The number of aryl methyl sites for hydroxylation is 1. The van der Waals surface area contributed by atoms with Gasteiger partial charge in [0.05, 0.1) is 16.3 Å². The molecule has 3 N–H and O–H groups in total. The van der Waals surface area contributed by atoms with Crippen molar-refractivity contribution in [1.29, 1.82) is 0 Å². The zero-order valence-electron chi connectivity index (χ0n) is 17.8. The molecule has 9 heteroatoms. The Bertz CT molecular complexity index is 1320. The van der Waals surface area contributed by atoms with Crippen LogP contribution in [-0.4, -0.2) is 26.8 Å². The Labute approximate surface area is 197 Å². The number of carbonyl (C=O) groups excluding carboxylic acids is 2. The zero-order valence-corrected chi connectivity index (χ0v) is 19.3. The average molecular weight is 484 g/mol. The van der Waals surface area contributed by atoms with E-state index in [1.165, 1.54) is 18.2 Å². The Morgan fingerprint density at radius 3 is 2.48 bits per heavy atom. The molecule has 0 atom stereocenters. The lowest BCUT2D eigenvalue weighted by Gasteiger charge is -2.13. The van der Waals surface area contributed by atoms with Gasteiger partial charge in [0.2, 0.25) is 0 Å². The van der Waals surface area contributed by atoms with Crippen LogP contribution in [0.3, 0.4) is 0 Å². The van der Waals surface area contributed by atoms with E-state index < -0.39 is 15.9 Å². The van der Waals surface area contributed by atoms with Gasteiger partial charge in [0.25, 0.3) is 21.8 Å². The second-order valence-corrected chi connectivity index (χ2v) is 9.18. The Morgan fingerprint density at radius 2 is 1.76 bits per heavy atom. The lowest BCUT2D eigenvalue weighted by molar-refractivity contribution is 0.0959. The van der Waals surface area contributed by atoms with Crippen LogP contribution in [0.4, 0.5) is 11.4 Å². The third-order valence-electron chi connectivity index (χ3n) is 4.58. The molecule has 0 fully saturated rings. The van der Waals surface area contributed by atoms with Gasteiger partial charge in [0.1, 0.15) is 4.90 Å². The zero-order chi connectivity index (χ0) is 24.0. The predicted molar refractivity (Wildman–Crippen MR) is 130 cm³/mol. The van der Waals surface area contributed by atoms with Gasteiger partial charge in [-0.15, -0.1) is 6.58 Å². The topological polar surface area (TPSA) is 104 Å². The Hall–Kier alpha value is -3.62. The number of para-hydroxylation sites is 1. The molecule has 3 aromatic rings. The summed E-state index contributed by atoms with van der Waals surface area (Å²) in [6.07, 6.45) is 1.54. The summed E-state index contributed by atoms with van der Waals surface area (Å²) in [6, 6.07) is 17.3. The first-order valence-corrected chi connectivity index (χ1v) is 11.8. The largest absolute Gasteiger partial charge is 0.349 e. The number of nitrogens with one attached hydrogen (secondary N) is 3. The number of halogens is 1. The summed E-state index contributed by atoms with van der Waals surface area (Å²) in [6.45, 7) is 5.66. The smallest absolute Gasteiger partial charge is 0.263 e. The van der Waals surface area contributed by atoms with E-state index in [1.54, 1.807) is 48.5 Å². The molecule has 33 heavy (non-hydrogen) atoms. The number of amides is 2. The van der Waals surface area contributed by atoms with Crippen LogP contribution >= 0.6 is 11.6 Å². The number of sulfonamides is 1. The molecule has 0 aliphatic carbocycles. The standard InChI is InChI=1S/C24H22ClN3O4S/c1-3-13-26-24(30)19-9-4-5-10-21(19)27-23(29)17-11-12-20(25)22(15-17)33(31,32)28-18-8-6-7-16(2)14-18/h3-12,14-15,28H,1,13H2,2H3,(H,26,30)(H,27,29). The van der Waals surface area contributed by atoms with Crippen molar-refractivity contribution < 1.29 is 18.0 Å². The van der Waals surface area contributed by atoms with Gasteiger partial charge in [-0.05, 0) is 55.0 Å². The molecule has 2 amide bonds. The SMILES string of the molecule is C=CCNC(=O)c1ccccc1NC(=O)c1ccc(Cl)c(S(=O)(=O)Nc2cccc(C)c2)c1. The normalized spacial score (nSPS) is 10.8. The number of anilines is 2. The highest BCUT2D eigenvalue weighted by Crippen LogP contribution is 2.26. The first-order chi connectivity index (χ1) is 15.7. The second kappa shape index (κ2) is 10.3. The summed E-state index contributed by atoms with van der Waals surface area (Å²) >= 11 is 6.15. The number of hydrogen-bond donors (Lipinski definition) is 3. The van der Waals surface area contributed by atoms with E-state index in [9.17, 15) is 18.0 Å². The summed E-state index contributed by atoms with van der Waals surface area (Å²) in [5.41, 5.74) is 1.85. The van der Waals surface area contributed by atoms with Crippen molar-refractivity contribution in [1.82, 2.24) is 5.32 Å². The van der Waals surface area contributed by atoms with Crippen LogP contribution in [0.1, 0.15) is 26.3 Å². The number of hydrogen-bond acceptors (Lipinski definition) is 4. The van der Waals surface area contributed by atoms with Crippen LogP contribution in [0, 0.1) is 6.92 Å². The molecule has 0 aliphatic heterocycles. The lowest BCUT2D eigenvalue weighted by Crippen LogP contribution is -2.25. The molecule has 0 aliphatic rings. The molecule has 7 nitrogen and oxygen atoms in total. The highest BCUT2D eigenvalue weighted by atomic mass is 35.5. The summed E-state index contributed by atoms with van der Waals surface area (Å²) in [5.74, 6) is -0.977. The minimum atomic E-state index is -4.06. The number of rotatable bonds is 8. The molecule has 3 aromatic carbocycles. The Balaban J connectivity index is 1.87. The molecule has 0 heterocycles. The lowest BCUT2D eigenvalue weighted by atomic mass is 10.1. The molecular weight excluding hydrogens is 462 g/mol. The third kappa shape index (κ3) is 6.00. The fraction of sp³-hybridized carbons (Fsp3) is 0.0833. The minimum absolute atomic E-state index is 0.0316. The van der Waals surface area contributed by atoms with Crippen LogP contribution in [-0.2, 0) is 10.0 Å². The van der Waals surface area contributed by atoms with Gasteiger partial charge in [0, 0.05) is 17.8 Å². The summed E-state index contributed by atoms with van der Waals surface area (Å²) in [4.78, 5) is 25.0. The highest BCUT2D eigenvalue weighted by Gasteiger charge is 2.21. The van der Waals surface area contributed by atoms with Crippen molar-refractivity contribution in [3.8, 4) is 0 Å². The third-order valence-corrected chi connectivity index (χ3v) is 6.44. The molecule has 0 saturated heterocycles. The van der Waals surface area contributed by atoms with Crippen LogP contribution in [0.2, 0.25) is 5.02 Å². The molecule has 0 spiro atoms. The molecule has 0 unspecified atom stereocenters. The molecule has 0 radical (unpaired) electrons. The minimum Gasteiger partial charge on any atom is -0.349 e. The first-order valence-electron chi connectivity index (χ1n) is 9.90. The highest BCUT2D eigenvalue weighted by molar-refractivity contribution is 7.92. The van der Waals surface area contributed by atoms with Crippen molar-refractivity contribution >= 4 is 44.8 Å². The molecule has 0 saturated carbocycles. The summed E-state index contributed by atoms with van der Waals surface area (Å²) in [7, 11) is -4.06. The van der Waals surface area contributed by atoms with Gasteiger partial charge < -0.3 is 10.6 Å². The van der Waals surface area contributed by atoms with Crippen LogP contribution in [0.25, 0.3) is 0 Å². The van der Waals surface area contributed by atoms with E-state index >= 15 is 0 Å². The van der Waals surface area contributed by atoms with Crippen molar-refractivity contribution in [3.05, 3.63) is 101 Å². The fourth-order valence-corrected chi connectivity index (χ4v) is 4.59. The van der Waals surface area contributed by atoms with Crippen LogP contribution < -0.4 is 15.4 Å². The van der Waals surface area contributed by atoms with E-state index in [2.05, 4.69) is 21.9 Å². The predicted octanol–water partition coefficient (Wildman–Crippen LogP) is 4.62. The Morgan fingerprint density at radius 1 is 1.00 bits per heavy atom. The summed E-state index contributed by atoms with van der Waals surface area (Å²) < 4.78 is 28.3. The number of carbonyl (C=O) groups is 2. The van der Waals surface area contributed by atoms with E-state index in [-0.39, 0.29) is 39.2 Å². The van der Waals surface area contributed by atoms with Gasteiger partial charge in [-0.3, -0.25) is 14.3 Å². The van der Waals surface area contributed by atoms with Crippen LogP contribution in [0.15, 0.2) is 84.3 Å². The van der Waals surface area contributed by atoms with Crippen LogP contribution in [0.5, 0.6) is 0 Å². The van der Waals surface area contributed by atoms with E-state index in [1.807, 2.05) is 13.0 Å². The molecule has 0 aromatic heterocycles. The maximum absolute atomic E-state index is 12.9. The Kier molecular flexibility index (Phi) is 7.52. The second-order valence-electron chi connectivity index (χ2n) is 7.12. The molecule has 3 rings (SSSR count). The quantitative estimate of drug-likeness (QED) is 0.407. The monoisotopic (exact) mass is 483 g/mol. The van der Waals surface area contributed by atoms with E-state index in [0.29, 0.717) is 5.69 Å².